The highest BCUT2D eigenvalue weighted by molar-refractivity contribution is 7.13. The van der Waals surface area contributed by atoms with E-state index in [2.05, 4.69) is 9.97 Å². The summed E-state index contributed by atoms with van der Waals surface area (Å²) in [7, 11) is 0. The van der Waals surface area contributed by atoms with Crippen LogP contribution in [0.2, 0.25) is 0 Å². The number of benzene rings is 1. The van der Waals surface area contributed by atoms with Crippen LogP contribution in [0, 0.1) is 0 Å². The van der Waals surface area contributed by atoms with Crippen LogP contribution in [0.4, 0.5) is 0 Å². The van der Waals surface area contributed by atoms with Crippen molar-refractivity contribution in [2.45, 2.75) is 13.5 Å². The van der Waals surface area contributed by atoms with Gasteiger partial charge in [-0.05, 0) is 37.3 Å². The van der Waals surface area contributed by atoms with E-state index < -0.39 is 5.97 Å². The van der Waals surface area contributed by atoms with Crippen molar-refractivity contribution < 1.29 is 14.3 Å². The summed E-state index contributed by atoms with van der Waals surface area (Å²) in [5, 5.41) is 2.48. The van der Waals surface area contributed by atoms with Crippen molar-refractivity contribution in [3.63, 3.8) is 0 Å². The number of hydrogen-bond acceptors (Lipinski definition) is 6. The second-order valence-corrected chi connectivity index (χ2v) is 5.79. The number of carbonyl (C=O) groups excluding carboxylic acids is 1. The Balaban J connectivity index is 1.65. The maximum atomic E-state index is 12.1. The summed E-state index contributed by atoms with van der Waals surface area (Å²) in [5.74, 6) is 0.376. The molecule has 5 nitrogen and oxygen atoms in total. The molecule has 0 bridgehead atoms. The second-order valence-electron chi connectivity index (χ2n) is 4.93. The lowest BCUT2D eigenvalue weighted by Gasteiger charge is -2.03. The maximum Gasteiger partial charge on any atom is 0.358 e. The molecule has 1 aromatic carbocycles. The minimum atomic E-state index is -0.438. The van der Waals surface area contributed by atoms with E-state index in [1.807, 2.05) is 37.3 Å². The molecule has 24 heavy (non-hydrogen) atoms. The quantitative estimate of drug-likeness (QED) is 0.636. The van der Waals surface area contributed by atoms with Gasteiger partial charge in [0.1, 0.15) is 17.4 Å². The van der Waals surface area contributed by atoms with Gasteiger partial charge in [-0.2, -0.15) is 0 Å². The smallest absolute Gasteiger partial charge is 0.358 e. The first-order valence-corrected chi connectivity index (χ1v) is 8.39. The van der Waals surface area contributed by atoms with Crippen molar-refractivity contribution in [1.29, 1.82) is 0 Å². The lowest BCUT2D eigenvalue weighted by Crippen LogP contribution is -2.05. The first-order chi connectivity index (χ1) is 11.8. The zero-order chi connectivity index (χ0) is 16.8. The first-order valence-electron chi connectivity index (χ1n) is 7.51. The lowest BCUT2D eigenvalue weighted by molar-refractivity contribution is 0.0466. The number of thiazole rings is 1. The fourth-order valence-corrected chi connectivity index (χ4v) is 2.86. The number of hydrogen-bond donors (Lipinski definition) is 0. The molecule has 3 rings (SSSR count). The largest absolute Gasteiger partial charge is 0.494 e. The summed E-state index contributed by atoms with van der Waals surface area (Å²) < 4.78 is 10.7. The lowest BCUT2D eigenvalue weighted by atomic mass is 10.2. The summed E-state index contributed by atoms with van der Waals surface area (Å²) in [6, 6.07) is 11.3. The third-order valence-corrected chi connectivity index (χ3v) is 4.11. The number of ether oxygens (including phenoxy) is 2. The van der Waals surface area contributed by atoms with Crippen LogP contribution < -0.4 is 4.74 Å². The van der Waals surface area contributed by atoms with Crippen LogP contribution in [-0.4, -0.2) is 22.5 Å². The fraction of sp³-hybridized carbons (Fsp3) is 0.167. The number of pyridine rings is 1. The first kappa shape index (κ1) is 16.1. The topological polar surface area (TPSA) is 61.3 Å². The van der Waals surface area contributed by atoms with Gasteiger partial charge in [0, 0.05) is 28.9 Å². The molecule has 6 heteroatoms. The zero-order valence-electron chi connectivity index (χ0n) is 13.1. The highest BCUT2D eigenvalue weighted by Gasteiger charge is 2.13. The predicted octanol–water partition coefficient (Wildman–Crippen LogP) is 3.96. The number of aromatic nitrogens is 2. The Kier molecular flexibility index (Phi) is 5.18. The molecule has 0 radical (unpaired) electrons. The van der Waals surface area contributed by atoms with Crippen molar-refractivity contribution in [3.8, 4) is 16.3 Å². The average molecular weight is 340 g/mol. The minimum absolute atomic E-state index is 0.183. The van der Waals surface area contributed by atoms with Crippen LogP contribution in [0.15, 0.2) is 54.2 Å². The van der Waals surface area contributed by atoms with Gasteiger partial charge in [-0.3, -0.25) is 4.98 Å². The number of rotatable bonds is 6. The average Bonchev–Trinajstić information content (AvgIpc) is 3.12. The Labute approximate surface area is 143 Å². The Morgan fingerprint density at radius 3 is 2.75 bits per heavy atom. The summed E-state index contributed by atoms with van der Waals surface area (Å²) in [6.07, 6.45) is 3.34. The molecule has 0 aliphatic heterocycles. The number of carbonyl (C=O) groups is 1. The van der Waals surface area contributed by atoms with E-state index in [9.17, 15) is 4.79 Å². The molecule has 0 spiro atoms. The van der Waals surface area contributed by atoms with Gasteiger partial charge >= 0.3 is 5.97 Å². The molecule has 0 fully saturated rings. The third kappa shape index (κ3) is 3.97. The minimum Gasteiger partial charge on any atom is -0.494 e. The molecule has 3 aromatic rings. The molecule has 0 N–H and O–H groups in total. The highest BCUT2D eigenvalue weighted by Crippen LogP contribution is 2.26. The molecule has 2 aromatic heterocycles. The predicted molar refractivity (Wildman–Crippen MR) is 92.1 cm³/mol. The second kappa shape index (κ2) is 7.70. The molecule has 0 atom stereocenters. The SMILES string of the molecule is CCOc1ccc(-c2nc(C(=O)OCc3cccnc3)cs2)cc1. The zero-order valence-corrected chi connectivity index (χ0v) is 14.0. The normalized spacial score (nSPS) is 10.4. The summed E-state index contributed by atoms with van der Waals surface area (Å²) in [4.78, 5) is 20.4. The van der Waals surface area contributed by atoms with Gasteiger partial charge in [0.15, 0.2) is 5.69 Å². The van der Waals surface area contributed by atoms with Crippen molar-refractivity contribution in [3.05, 3.63) is 65.4 Å². The molecule has 0 saturated carbocycles. The molecule has 0 unspecified atom stereocenters. The Morgan fingerprint density at radius 2 is 2.04 bits per heavy atom. The molecule has 0 aliphatic rings. The van der Waals surface area contributed by atoms with Crippen LogP contribution >= 0.6 is 11.3 Å². The summed E-state index contributed by atoms with van der Waals surface area (Å²) in [5.41, 5.74) is 2.09. The van der Waals surface area contributed by atoms with E-state index in [0.29, 0.717) is 12.3 Å². The van der Waals surface area contributed by atoms with Gasteiger partial charge in [-0.15, -0.1) is 11.3 Å². The van der Waals surface area contributed by atoms with Gasteiger partial charge in [-0.25, -0.2) is 9.78 Å². The Bertz CT molecular complexity index is 801. The van der Waals surface area contributed by atoms with E-state index in [0.717, 1.165) is 21.9 Å². The van der Waals surface area contributed by atoms with Crippen LogP contribution in [0.5, 0.6) is 5.75 Å². The van der Waals surface area contributed by atoms with E-state index in [-0.39, 0.29) is 6.61 Å². The van der Waals surface area contributed by atoms with Crippen LogP contribution in [0.3, 0.4) is 0 Å². The molecule has 2 heterocycles. The van der Waals surface area contributed by atoms with Gasteiger partial charge in [0.25, 0.3) is 0 Å². The number of nitrogens with zero attached hydrogens (tertiary/aromatic N) is 2. The standard InChI is InChI=1S/C18H16N2O3S/c1-2-22-15-7-5-14(6-8-15)17-20-16(12-24-17)18(21)23-11-13-4-3-9-19-10-13/h3-10,12H,2,11H2,1H3. The van der Waals surface area contributed by atoms with Gasteiger partial charge in [-0.1, -0.05) is 6.07 Å². The van der Waals surface area contributed by atoms with Crippen molar-refractivity contribution in [1.82, 2.24) is 9.97 Å². The third-order valence-electron chi connectivity index (χ3n) is 3.22. The van der Waals surface area contributed by atoms with Crippen molar-refractivity contribution >= 4 is 17.3 Å². The molecular weight excluding hydrogens is 324 g/mol. The summed E-state index contributed by atoms with van der Waals surface area (Å²) >= 11 is 1.41. The molecule has 122 valence electrons. The van der Waals surface area contributed by atoms with Gasteiger partial charge in [0.2, 0.25) is 0 Å². The van der Waals surface area contributed by atoms with Crippen LogP contribution in [0.25, 0.3) is 10.6 Å². The number of esters is 1. The van der Waals surface area contributed by atoms with E-state index in [4.69, 9.17) is 9.47 Å². The van der Waals surface area contributed by atoms with E-state index in [1.54, 1.807) is 23.8 Å². The van der Waals surface area contributed by atoms with Gasteiger partial charge < -0.3 is 9.47 Å². The summed E-state index contributed by atoms with van der Waals surface area (Å²) in [6.45, 7) is 2.75. The fourth-order valence-electron chi connectivity index (χ4n) is 2.07. The van der Waals surface area contributed by atoms with Gasteiger partial charge in [0.05, 0.1) is 6.61 Å². The molecular formula is C18H16N2O3S. The molecule has 0 saturated heterocycles. The van der Waals surface area contributed by atoms with Crippen LogP contribution in [0.1, 0.15) is 23.0 Å². The molecule has 0 aliphatic carbocycles. The monoisotopic (exact) mass is 340 g/mol. The highest BCUT2D eigenvalue weighted by atomic mass is 32.1. The van der Waals surface area contributed by atoms with Crippen molar-refractivity contribution in [2.75, 3.05) is 6.61 Å². The Morgan fingerprint density at radius 1 is 1.21 bits per heavy atom. The van der Waals surface area contributed by atoms with E-state index in [1.165, 1.54) is 11.3 Å². The molecule has 0 amide bonds. The van der Waals surface area contributed by atoms with Crippen molar-refractivity contribution in [2.24, 2.45) is 0 Å². The Hall–Kier alpha value is -2.73. The van der Waals surface area contributed by atoms with Crippen LogP contribution in [-0.2, 0) is 11.3 Å². The van der Waals surface area contributed by atoms with E-state index >= 15 is 0 Å². The maximum absolute atomic E-state index is 12.1.